The molecule has 0 saturated carbocycles. The summed E-state index contributed by atoms with van der Waals surface area (Å²) in [4.78, 5) is 28.8. The van der Waals surface area contributed by atoms with Crippen LogP contribution >= 0.6 is 0 Å². The van der Waals surface area contributed by atoms with E-state index in [-0.39, 0.29) is 17.5 Å². The van der Waals surface area contributed by atoms with Gasteiger partial charge in [0.05, 0.1) is 6.04 Å². The maximum atomic E-state index is 12.9. The van der Waals surface area contributed by atoms with E-state index in [0.29, 0.717) is 12.1 Å². The average Bonchev–Trinajstić information content (AvgIpc) is 2.57. The Bertz CT molecular complexity index is 754. The molecule has 1 aromatic carbocycles. The molecule has 0 radical (unpaired) electrons. The van der Waals surface area contributed by atoms with Gasteiger partial charge in [-0.15, -0.1) is 0 Å². The Hall–Kier alpha value is -2.40. The van der Waals surface area contributed by atoms with Crippen molar-refractivity contribution in [2.75, 3.05) is 26.7 Å². The molecule has 5 nitrogen and oxygen atoms in total. The van der Waals surface area contributed by atoms with E-state index < -0.39 is 0 Å². The van der Waals surface area contributed by atoms with Crippen LogP contribution in [0.25, 0.3) is 0 Å². The van der Waals surface area contributed by atoms with Gasteiger partial charge in [-0.1, -0.05) is 30.3 Å². The summed E-state index contributed by atoms with van der Waals surface area (Å²) in [5, 5.41) is 0. The third-order valence-electron chi connectivity index (χ3n) is 4.38. The van der Waals surface area contributed by atoms with Crippen LogP contribution < -0.4 is 5.56 Å². The summed E-state index contributed by atoms with van der Waals surface area (Å²) in [6, 6.07) is 13.2. The van der Waals surface area contributed by atoms with Gasteiger partial charge in [-0.3, -0.25) is 9.59 Å². The number of nitrogens with zero attached hydrogens (tertiary/aromatic N) is 3. The molecule has 1 aliphatic rings. The van der Waals surface area contributed by atoms with Crippen molar-refractivity contribution in [2.24, 2.45) is 7.05 Å². The minimum atomic E-state index is -0.166. The van der Waals surface area contributed by atoms with Crippen molar-refractivity contribution in [3.63, 3.8) is 0 Å². The Balaban J connectivity index is 1.93. The van der Waals surface area contributed by atoms with Crippen LogP contribution in [0.5, 0.6) is 0 Å². The van der Waals surface area contributed by atoms with E-state index in [1.165, 1.54) is 10.6 Å². The molecule has 0 spiro atoms. The fourth-order valence-electron chi connectivity index (χ4n) is 2.97. The number of hydrogen-bond donors (Lipinski definition) is 0. The second-order valence-electron chi connectivity index (χ2n) is 6.05. The number of amides is 1. The summed E-state index contributed by atoms with van der Waals surface area (Å²) in [5.74, 6) is -0.0790. The third-order valence-corrected chi connectivity index (χ3v) is 4.38. The lowest BCUT2D eigenvalue weighted by molar-refractivity contribution is 0.0497. The fourth-order valence-corrected chi connectivity index (χ4v) is 2.97. The molecule has 0 N–H and O–H groups in total. The Kier molecular flexibility index (Phi) is 4.30. The van der Waals surface area contributed by atoms with Gasteiger partial charge in [0.25, 0.3) is 11.5 Å². The summed E-state index contributed by atoms with van der Waals surface area (Å²) >= 11 is 0. The summed E-state index contributed by atoms with van der Waals surface area (Å²) in [6.07, 6.45) is 1.64. The molecular weight excluding hydrogens is 290 g/mol. The van der Waals surface area contributed by atoms with Crippen molar-refractivity contribution in [1.29, 1.82) is 0 Å². The maximum absolute atomic E-state index is 12.9. The lowest BCUT2D eigenvalue weighted by atomic mass is 10.0. The largest absolute Gasteiger partial charge is 0.329 e. The van der Waals surface area contributed by atoms with Crippen molar-refractivity contribution in [2.45, 2.75) is 6.04 Å². The van der Waals surface area contributed by atoms with E-state index in [1.54, 1.807) is 19.3 Å². The Labute approximate surface area is 135 Å². The molecule has 1 atom stereocenters. The van der Waals surface area contributed by atoms with Crippen LogP contribution in [0, 0.1) is 0 Å². The number of rotatable bonds is 2. The van der Waals surface area contributed by atoms with Gasteiger partial charge in [-0.25, -0.2) is 0 Å². The van der Waals surface area contributed by atoms with E-state index in [0.717, 1.165) is 18.7 Å². The highest BCUT2D eigenvalue weighted by Gasteiger charge is 2.30. The molecule has 0 bridgehead atoms. The first-order valence-corrected chi connectivity index (χ1v) is 7.77. The normalized spacial score (nSPS) is 18.9. The molecule has 1 fully saturated rings. The smallest absolute Gasteiger partial charge is 0.254 e. The summed E-state index contributed by atoms with van der Waals surface area (Å²) in [7, 11) is 3.75. The van der Waals surface area contributed by atoms with E-state index in [2.05, 4.69) is 11.9 Å². The van der Waals surface area contributed by atoms with Crippen molar-refractivity contribution in [1.82, 2.24) is 14.4 Å². The predicted molar refractivity (Wildman–Crippen MR) is 89.4 cm³/mol. The van der Waals surface area contributed by atoms with E-state index in [9.17, 15) is 9.59 Å². The summed E-state index contributed by atoms with van der Waals surface area (Å²) in [5.41, 5.74) is 1.41. The Morgan fingerprint density at radius 3 is 2.52 bits per heavy atom. The monoisotopic (exact) mass is 311 g/mol. The van der Waals surface area contributed by atoms with Crippen molar-refractivity contribution >= 4 is 5.91 Å². The minimum Gasteiger partial charge on any atom is -0.329 e. The topological polar surface area (TPSA) is 45.5 Å². The van der Waals surface area contributed by atoms with E-state index in [4.69, 9.17) is 0 Å². The highest BCUT2D eigenvalue weighted by Crippen LogP contribution is 2.26. The second-order valence-corrected chi connectivity index (χ2v) is 6.05. The molecule has 5 heteroatoms. The summed E-state index contributed by atoms with van der Waals surface area (Å²) in [6.45, 7) is 2.28. The molecule has 2 aromatic rings. The van der Waals surface area contributed by atoms with Crippen LogP contribution in [0.3, 0.4) is 0 Å². The Morgan fingerprint density at radius 1 is 1.09 bits per heavy atom. The number of benzene rings is 1. The first-order chi connectivity index (χ1) is 11.1. The molecule has 1 aromatic heterocycles. The molecule has 23 heavy (non-hydrogen) atoms. The number of hydrogen-bond acceptors (Lipinski definition) is 3. The lowest BCUT2D eigenvalue weighted by Gasteiger charge is -2.40. The minimum absolute atomic E-state index is 0.00603. The standard InChI is InChI=1S/C18H21N3O2/c1-19-10-11-21(16(13-19)14-6-4-3-5-7-14)18(23)15-8-9-20(2)17(22)12-15/h3-9,12,16H,10-11,13H2,1-2H3/t16-/m1/s1. The van der Waals surface area contributed by atoms with E-state index in [1.807, 2.05) is 35.2 Å². The number of aryl methyl sites for hydroxylation is 1. The molecule has 0 aliphatic carbocycles. The number of aromatic nitrogens is 1. The van der Waals surface area contributed by atoms with Crippen molar-refractivity contribution in [3.05, 3.63) is 70.1 Å². The quantitative estimate of drug-likeness (QED) is 0.844. The van der Waals surface area contributed by atoms with E-state index >= 15 is 0 Å². The van der Waals surface area contributed by atoms with Gasteiger partial charge in [0, 0.05) is 44.5 Å². The van der Waals surface area contributed by atoms with Gasteiger partial charge >= 0.3 is 0 Å². The maximum Gasteiger partial charge on any atom is 0.254 e. The zero-order valence-electron chi connectivity index (χ0n) is 13.5. The highest BCUT2D eigenvalue weighted by molar-refractivity contribution is 5.94. The van der Waals surface area contributed by atoms with Gasteiger partial charge < -0.3 is 14.4 Å². The highest BCUT2D eigenvalue weighted by atomic mass is 16.2. The second kappa shape index (κ2) is 6.38. The molecule has 1 saturated heterocycles. The third kappa shape index (κ3) is 3.19. The van der Waals surface area contributed by atoms with Crippen LogP contribution in [0.1, 0.15) is 22.0 Å². The van der Waals surface area contributed by atoms with Gasteiger partial charge in [0.1, 0.15) is 0 Å². The van der Waals surface area contributed by atoms with Gasteiger partial charge in [-0.2, -0.15) is 0 Å². The fraction of sp³-hybridized carbons (Fsp3) is 0.333. The summed E-state index contributed by atoms with van der Waals surface area (Å²) < 4.78 is 1.47. The van der Waals surface area contributed by atoms with Crippen LogP contribution in [-0.4, -0.2) is 47.0 Å². The van der Waals surface area contributed by atoms with Crippen LogP contribution in [0.15, 0.2) is 53.5 Å². The zero-order chi connectivity index (χ0) is 16.4. The molecule has 0 unspecified atom stereocenters. The van der Waals surface area contributed by atoms with Crippen LogP contribution in [0.2, 0.25) is 0 Å². The number of pyridine rings is 1. The average molecular weight is 311 g/mol. The van der Waals surface area contributed by atoms with Gasteiger partial charge in [-0.05, 0) is 18.7 Å². The number of likely N-dealkylation sites (N-methyl/N-ethyl adjacent to an activating group) is 1. The first kappa shape index (κ1) is 15.5. The molecule has 1 amide bonds. The van der Waals surface area contributed by atoms with Crippen molar-refractivity contribution < 1.29 is 4.79 Å². The molecular formula is C18H21N3O2. The van der Waals surface area contributed by atoms with Crippen LogP contribution in [0.4, 0.5) is 0 Å². The number of carbonyl (C=O) groups is 1. The zero-order valence-corrected chi connectivity index (χ0v) is 13.5. The Morgan fingerprint density at radius 2 is 1.83 bits per heavy atom. The molecule has 1 aliphatic heterocycles. The molecule has 2 heterocycles. The predicted octanol–water partition coefficient (Wildman–Crippen LogP) is 1.51. The number of piperazine rings is 1. The van der Waals surface area contributed by atoms with Crippen LogP contribution in [-0.2, 0) is 7.05 Å². The van der Waals surface area contributed by atoms with Gasteiger partial charge in [0.15, 0.2) is 0 Å². The molecule has 120 valence electrons. The SMILES string of the molecule is CN1CCN(C(=O)c2ccn(C)c(=O)c2)[C@@H](c2ccccc2)C1. The van der Waals surface area contributed by atoms with Crippen molar-refractivity contribution in [3.8, 4) is 0 Å². The lowest BCUT2D eigenvalue weighted by Crippen LogP contribution is -2.49. The molecule has 3 rings (SSSR count). The van der Waals surface area contributed by atoms with Gasteiger partial charge in [0.2, 0.25) is 0 Å². The number of carbonyl (C=O) groups excluding carboxylic acids is 1. The first-order valence-electron chi connectivity index (χ1n) is 7.77.